The monoisotopic (exact) mass is 370 g/mol. The van der Waals surface area contributed by atoms with Crippen molar-refractivity contribution < 1.29 is 14.3 Å². The van der Waals surface area contributed by atoms with Crippen molar-refractivity contribution in [1.82, 2.24) is 5.32 Å². The maximum Gasteiger partial charge on any atom is 0.329 e. The van der Waals surface area contributed by atoms with Crippen molar-refractivity contribution in [3.63, 3.8) is 0 Å². The standard InChI is InChI=1S/C19H30N2O3.ClH/c1-13(2)11-16(18(23)24-19(3,4)5)21-17(22)15(20)12-14-9-7-6-8-10-14;/h6-10,13,15-16H,11-12,20H2,1-5H3,(H,21,22);1H/t15-,16-;/m0./s1. The summed E-state index contributed by atoms with van der Waals surface area (Å²) in [7, 11) is 0. The second kappa shape index (κ2) is 10.4. The number of nitrogens with one attached hydrogen (secondary N) is 1. The molecular weight excluding hydrogens is 340 g/mol. The number of hydrogen-bond acceptors (Lipinski definition) is 4. The summed E-state index contributed by atoms with van der Waals surface area (Å²) >= 11 is 0. The van der Waals surface area contributed by atoms with E-state index in [1.54, 1.807) is 20.8 Å². The van der Waals surface area contributed by atoms with Crippen LogP contribution in [0.25, 0.3) is 0 Å². The molecule has 1 rings (SSSR count). The number of carbonyl (C=O) groups is 2. The Morgan fingerprint density at radius 1 is 1.16 bits per heavy atom. The quantitative estimate of drug-likeness (QED) is 0.723. The molecule has 2 atom stereocenters. The van der Waals surface area contributed by atoms with E-state index >= 15 is 0 Å². The van der Waals surface area contributed by atoms with Crippen molar-refractivity contribution in [1.29, 1.82) is 0 Å². The van der Waals surface area contributed by atoms with Crippen molar-refractivity contribution in [3.8, 4) is 0 Å². The lowest BCUT2D eigenvalue weighted by Crippen LogP contribution is -2.51. The van der Waals surface area contributed by atoms with Crippen LogP contribution in [-0.4, -0.2) is 29.6 Å². The molecule has 1 aromatic rings. The Kier molecular flexibility index (Phi) is 9.75. The van der Waals surface area contributed by atoms with Crippen molar-refractivity contribution in [2.45, 2.75) is 65.1 Å². The van der Waals surface area contributed by atoms with Crippen LogP contribution in [0.4, 0.5) is 0 Å². The van der Waals surface area contributed by atoms with Gasteiger partial charge in [0.05, 0.1) is 6.04 Å². The van der Waals surface area contributed by atoms with Gasteiger partial charge in [0.25, 0.3) is 0 Å². The van der Waals surface area contributed by atoms with E-state index < -0.39 is 23.7 Å². The number of hydrogen-bond donors (Lipinski definition) is 2. The number of carbonyl (C=O) groups excluding carboxylic acids is 2. The molecule has 1 amide bonds. The van der Waals surface area contributed by atoms with Crippen LogP contribution in [-0.2, 0) is 20.7 Å². The molecule has 0 heterocycles. The molecule has 0 aliphatic heterocycles. The highest BCUT2D eigenvalue weighted by atomic mass is 35.5. The Labute approximate surface area is 157 Å². The molecular formula is C19H31ClN2O3. The lowest BCUT2D eigenvalue weighted by atomic mass is 10.0. The van der Waals surface area contributed by atoms with Crippen LogP contribution >= 0.6 is 12.4 Å². The summed E-state index contributed by atoms with van der Waals surface area (Å²) in [6, 6.07) is 8.18. The predicted molar refractivity (Wildman–Crippen MR) is 103 cm³/mol. The molecule has 5 nitrogen and oxygen atoms in total. The number of halogens is 1. The summed E-state index contributed by atoms with van der Waals surface area (Å²) in [4.78, 5) is 24.7. The molecule has 0 aliphatic carbocycles. The molecule has 0 unspecified atom stereocenters. The molecule has 0 aromatic heterocycles. The molecule has 3 N–H and O–H groups in total. The highest BCUT2D eigenvalue weighted by molar-refractivity contribution is 5.87. The number of benzene rings is 1. The van der Waals surface area contributed by atoms with Gasteiger partial charge in [0.2, 0.25) is 5.91 Å². The first-order chi connectivity index (χ1) is 11.1. The van der Waals surface area contributed by atoms with Crippen LogP contribution in [0, 0.1) is 5.92 Å². The fraction of sp³-hybridized carbons (Fsp3) is 0.579. The average molecular weight is 371 g/mol. The fourth-order valence-electron chi connectivity index (χ4n) is 2.30. The fourth-order valence-corrected chi connectivity index (χ4v) is 2.30. The zero-order valence-corrected chi connectivity index (χ0v) is 16.6. The van der Waals surface area contributed by atoms with Crippen LogP contribution in [0.1, 0.15) is 46.6 Å². The van der Waals surface area contributed by atoms with Gasteiger partial charge in [-0.1, -0.05) is 44.2 Å². The summed E-state index contributed by atoms with van der Waals surface area (Å²) in [5.41, 5.74) is 6.38. The first-order valence-corrected chi connectivity index (χ1v) is 8.41. The van der Waals surface area contributed by atoms with E-state index in [0.717, 1.165) is 5.56 Å². The molecule has 0 bridgehead atoms. The predicted octanol–water partition coefficient (Wildman–Crippen LogP) is 2.85. The number of rotatable bonds is 7. The van der Waals surface area contributed by atoms with E-state index in [1.807, 2.05) is 44.2 Å². The van der Waals surface area contributed by atoms with Gasteiger partial charge >= 0.3 is 5.97 Å². The van der Waals surface area contributed by atoms with Gasteiger partial charge in [0.15, 0.2) is 0 Å². The van der Waals surface area contributed by atoms with E-state index in [0.29, 0.717) is 12.8 Å². The first kappa shape index (κ1) is 23.4. The van der Waals surface area contributed by atoms with E-state index in [1.165, 1.54) is 0 Å². The second-order valence-electron chi connectivity index (χ2n) is 7.52. The zero-order valence-electron chi connectivity index (χ0n) is 15.7. The van der Waals surface area contributed by atoms with E-state index in [9.17, 15) is 9.59 Å². The lowest BCUT2D eigenvalue weighted by molar-refractivity contribution is -0.159. The van der Waals surface area contributed by atoms with Crippen LogP contribution in [0.5, 0.6) is 0 Å². The number of ether oxygens (including phenoxy) is 1. The van der Waals surface area contributed by atoms with Crippen LogP contribution in [0.2, 0.25) is 0 Å². The summed E-state index contributed by atoms with van der Waals surface area (Å²) in [5.74, 6) is -0.514. The van der Waals surface area contributed by atoms with Crippen LogP contribution in [0.15, 0.2) is 30.3 Å². The maximum atomic E-state index is 12.4. The molecule has 142 valence electrons. The summed E-state index contributed by atoms with van der Waals surface area (Å²) in [5, 5.41) is 2.75. The van der Waals surface area contributed by atoms with E-state index in [-0.39, 0.29) is 24.2 Å². The van der Waals surface area contributed by atoms with Crippen molar-refractivity contribution in [3.05, 3.63) is 35.9 Å². The van der Waals surface area contributed by atoms with Gasteiger partial charge in [-0.05, 0) is 45.1 Å². The Balaban J connectivity index is 0.00000576. The Hall–Kier alpha value is -1.59. The van der Waals surface area contributed by atoms with Gasteiger partial charge in [-0.3, -0.25) is 4.79 Å². The smallest absolute Gasteiger partial charge is 0.329 e. The van der Waals surface area contributed by atoms with Crippen molar-refractivity contribution in [2.75, 3.05) is 0 Å². The van der Waals surface area contributed by atoms with Gasteiger partial charge in [-0.25, -0.2) is 4.79 Å². The first-order valence-electron chi connectivity index (χ1n) is 8.41. The highest BCUT2D eigenvalue weighted by Crippen LogP contribution is 2.13. The number of esters is 1. The number of nitrogens with two attached hydrogens (primary N) is 1. The maximum absolute atomic E-state index is 12.4. The largest absolute Gasteiger partial charge is 0.458 e. The van der Waals surface area contributed by atoms with Crippen LogP contribution in [0.3, 0.4) is 0 Å². The highest BCUT2D eigenvalue weighted by Gasteiger charge is 2.28. The van der Waals surface area contributed by atoms with Crippen molar-refractivity contribution >= 4 is 24.3 Å². The summed E-state index contributed by atoms with van der Waals surface area (Å²) < 4.78 is 5.41. The average Bonchev–Trinajstić information content (AvgIpc) is 2.45. The third-order valence-corrected chi connectivity index (χ3v) is 3.35. The number of amides is 1. The molecule has 0 fully saturated rings. The third kappa shape index (κ3) is 9.46. The Morgan fingerprint density at radius 3 is 2.20 bits per heavy atom. The Morgan fingerprint density at radius 2 is 1.72 bits per heavy atom. The summed E-state index contributed by atoms with van der Waals surface area (Å²) in [6.45, 7) is 9.40. The molecule has 0 saturated heterocycles. The lowest BCUT2D eigenvalue weighted by Gasteiger charge is -2.26. The zero-order chi connectivity index (χ0) is 18.3. The van der Waals surface area contributed by atoms with Gasteiger partial charge in [-0.2, -0.15) is 0 Å². The van der Waals surface area contributed by atoms with Crippen LogP contribution < -0.4 is 11.1 Å². The van der Waals surface area contributed by atoms with Crippen molar-refractivity contribution in [2.24, 2.45) is 11.7 Å². The van der Waals surface area contributed by atoms with Gasteiger partial charge < -0.3 is 15.8 Å². The molecule has 1 aromatic carbocycles. The normalized spacial score (nSPS) is 13.6. The summed E-state index contributed by atoms with van der Waals surface area (Å²) in [6.07, 6.45) is 0.939. The topological polar surface area (TPSA) is 81.4 Å². The second-order valence-corrected chi connectivity index (χ2v) is 7.52. The third-order valence-electron chi connectivity index (χ3n) is 3.35. The molecule has 0 radical (unpaired) electrons. The van der Waals surface area contributed by atoms with Gasteiger partial charge in [0, 0.05) is 0 Å². The molecule has 0 aliphatic rings. The minimum absolute atomic E-state index is 0. The molecule has 25 heavy (non-hydrogen) atoms. The minimum Gasteiger partial charge on any atom is -0.458 e. The van der Waals surface area contributed by atoms with E-state index in [4.69, 9.17) is 10.5 Å². The molecule has 0 spiro atoms. The van der Waals surface area contributed by atoms with E-state index in [2.05, 4.69) is 5.32 Å². The molecule has 0 saturated carbocycles. The van der Waals surface area contributed by atoms with Gasteiger partial charge in [0.1, 0.15) is 11.6 Å². The molecule has 6 heteroatoms. The van der Waals surface area contributed by atoms with Gasteiger partial charge in [-0.15, -0.1) is 12.4 Å². The minimum atomic E-state index is -0.704. The Bertz CT molecular complexity index is 541. The SMILES string of the molecule is CC(C)C[C@H](NC(=O)[C@@H](N)Cc1ccccc1)C(=O)OC(C)(C)C.Cl.